The van der Waals surface area contributed by atoms with E-state index in [-0.39, 0.29) is 18.0 Å². The van der Waals surface area contributed by atoms with E-state index in [0.29, 0.717) is 0 Å². The lowest BCUT2D eigenvalue weighted by molar-refractivity contribution is -0.135. The van der Waals surface area contributed by atoms with Crippen molar-refractivity contribution < 1.29 is 4.79 Å². The molecule has 2 heterocycles. The lowest BCUT2D eigenvalue weighted by Gasteiger charge is -2.37. The van der Waals surface area contributed by atoms with Crippen LogP contribution in [0.1, 0.15) is 36.2 Å². The van der Waals surface area contributed by atoms with E-state index >= 15 is 0 Å². The number of nitrogens with two attached hydrogens (primary N) is 1. The quantitative estimate of drug-likeness (QED) is 0.909. The summed E-state index contributed by atoms with van der Waals surface area (Å²) in [5.41, 5.74) is 7.38. The van der Waals surface area contributed by atoms with Crippen molar-refractivity contribution in [3.63, 3.8) is 0 Å². The molecule has 106 valence electrons. The molecule has 0 radical (unpaired) electrons. The summed E-state index contributed by atoms with van der Waals surface area (Å²) in [6.07, 6.45) is 4.75. The summed E-state index contributed by atoms with van der Waals surface area (Å²) in [7, 11) is 0. The minimum atomic E-state index is -0.346. The molecule has 1 unspecified atom stereocenters. The molecule has 1 aromatic rings. The van der Waals surface area contributed by atoms with Gasteiger partial charge in [0, 0.05) is 11.4 Å². The van der Waals surface area contributed by atoms with Crippen LogP contribution in [0.25, 0.3) is 0 Å². The first-order chi connectivity index (χ1) is 9.19. The minimum absolute atomic E-state index is 0.123. The van der Waals surface area contributed by atoms with Gasteiger partial charge in [-0.15, -0.1) is 11.3 Å². The van der Waals surface area contributed by atoms with Gasteiger partial charge in [0.2, 0.25) is 5.91 Å². The molecule has 19 heavy (non-hydrogen) atoms. The van der Waals surface area contributed by atoms with Gasteiger partial charge in [0.1, 0.15) is 0 Å². The molecular weight excluding hydrogens is 276 g/mol. The number of hydrogen-bond acceptors (Lipinski definition) is 4. The monoisotopic (exact) mass is 298 g/mol. The Morgan fingerprint density at radius 1 is 1.68 bits per heavy atom. The number of carbonyl (C=O) groups is 1. The first-order valence-electron chi connectivity index (χ1n) is 6.80. The highest BCUT2D eigenvalue weighted by Crippen LogP contribution is 2.35. The Morgan fingerprint density at radius 3 is 3.16 bits per heavy atom. The number of carbonyl (C=O) groups excluding carboxylic acids is 1. The van der Waals surface area contributed by atoms with Crippen molar-refractivity contribution in [3.8, 4) is 0 Å². The molecule has 1 aromatic heterocycles. The Balaban J connectivity index is 2.10. The van der Waals surface area contributed by atoms with E-state index in [1.54, 1.807) is 11.8 Å². The largest absolute Gasteiger partial charge is 0.334 e. The molecule has 0 saturated carbocycles. The van der Waals surface area contributed by atoms with E-state index in [9.17, 15) is 4.79 Å². The number of amides is 1. The van der Waals surface area contributed by atoms with E-state index in [0.717, 1.165) is 31.6 Å². The van der Waals surface area contributed by atoms with Gasteiger partial charge < -0.3 is 10.6 Å². The van der Waals surface area contributed by atoms with Crippen molar-refractivity contribution in [1.29, 1.82) is 0 Å². The number of thioether (sulfide) groups is 1. The normalized spacial score (nSPS) is 20.2. The van der Waals surface area contributed by atoms with Crippen LogP contribution in [0.15, 0.2) is 11.4 Å². The van der Waals surface area contributed by atoms with E-state index in [2.05, 4.69) is 18.4 Å². The summed E-state index contributed by atoms with van der Waals surface area (Å²) in [6.45, 7) is 2.96. The van der Waals surface area contributed by atoms with E-state index in [1.807, 2.05) is 22.5 Å². The van der Waals surface area contributed by atoms with Crippen LogP contribution in [0.3, 0.4) is 0 Å². The van der Waals surface area contributed by atoms with Crippen molar-refractivity contribution in [2.45, 2.75) is 38.3 Å². The van der Waals surface area contributed by atoms with Crippen molar-refractivity contribution in [3.05, 3.63) is 21.9 Å². The molecule has 0 aromatic carbocycles. The van der Waals surface area contributed by atoms with Crippen LogP contribution in [0.5, 0.6) is 0 Å². The standard InChI is InChI=1S/C14H22N2OS2/c1-3-12-10-5-9-19-13(10)4-7-16(12)14(17)11(15)6-8-18-2/h5,9,11-12H,3-4,6-8,15H2,1-2H3/t11-,12?/m1/s1. The van der Waals surface area contributed by atoms with Gasteiger partial charge in [-0.1, -0.05) is 6.92 Å². The molecule has 0 saturated heterocycles. The fourth-order valence-electron chi connectivity index (χ4n) is 2.68. The van der Waals surface area contributed by atoms with E-state index in [4.69, 9.17) is 5.73 Å². The minimum Gasteiger partial charge on any atom is -0.334 e. The molecule has 1 aliphatic rings. The number of rotatable bonds is 5. The summed E-state index contributed by atoms with van der Waals surface area (Å²) in [4.78, 5) is 15.9. The molecule has 2 rings (SSSR count). The molecular formula is C14H22N2OS2. The Bertz CT molecular complexity index is 433. The Kier molecular flexibility index (Phi) is 5.30. The molecule has 5 heteroatoms. The average molecular weight is 298 g/mol. The van der Waals surface area contributed by atoms with Gasteiger partial charge in [-0.05, 0) is 48.3 Å². The number of thiophene rings is 1. The molecule has 2 atom stereocenters. The third-order valence-corrected chi connectivity index (χ3v) is 5.36. The topological polar surface area (TPSA) is 46.3 Å². The summed E-state index contributed by atoms with van der Waals surface area (Å²) >= 11 is 3.55. The van der Waals surface area contributed by atoms with Crippen molar-refractivity contribution in [2.24, 2.45) is 5.73 Å². The van der Waals surface area contributed by atoms with Gasteiger partial charge in [-0.25, -0.2) is 0 Å². The average Bonchev–Trinajstić information content (AvgIpc) is 2.91. The summed E-state index contributed by atoms with van der Waals surface area (Å²) in [5, 5.41) is 2.13. The zero-order valence-electron chi connectivity index (χ0n) is 11.6. The van der Waals surface area contributed by atoms with Gasteiger partial charge in [0.15, 0.2) is 0 Å². The zero-order valence-corrected chi connectivity index (χ0v) is 13.2. The van der Waals surface area contributed by atoms with E-state index in [1.165, 1.54) is 10.4 Å². The van der Waals surface area contributed by atoms with Crippen LogP contribution in [0.2, 0.25) is 0 Å². The fraction of sp³-hybridized carbons (Fsp3) is 0.643. The smallest absolute Gasteiger partial charge is 0.240 e. The van der Waals surface area contributed by atoms with Gasteiger partial charge in [-0.3, -0.25) is 4.79 Å². The molecule has 0 aliphatic carbocycles. The Morgan fingerprint density at radius 2 is 2.47 bits per heavy atom. The highest BCUT2D eigenvalue weighted by atomic mass is 32.2. The lowest BCUT2D eigenvalue weighted by Crippen LogP contribution is -2.48. The lowest BCUT2D eigenvalue weighted by atomic mass is 9.96. The summed E-state index contributed by atoms with van der Waals surface area (Å²) in [6, 6.07) is 2.05. The summed E-state index contributed by atoms with van der Waals surface area (Å²) < 4.78 is 0. The first kappa shape index (κ1) is 14.9. The van der Waals surface area contributed by atoms with Crippen molar-refractivity contribution in [2.75, 3.05) is 18.6 Å². The molecule has 1 amide bonds. The van der Waals surface area contributed by atoms with Crippen LogP contribution >= 0.6 is 23.1 Å². The summed E-state index contributed by atoms with van der Waals surface area (Å²) in [5.74, 6) is 1.07. The third-order valence-electron chi connectivity index (χ3n) is 3.71. The van der Waals surface area contributed by atoms with Crippen LogP contribution in [0, 0.1) is 0 Å². The molecule has 0 fully saturated rings. The SMILES string of the molecule is CCC1c2ccsc2CCN1C(=O)[C@H](N)CCSC. The predicted molar refractivity (Wildman–Crippen MR) is 83.7 cm³/mol. The molecule has 2 N–H and O–H groups in total. The van der Waals surface area contributed by atoms with Crippen LogP contribution < -0.4 is 5.73 Å². The van der Waals surface area contributed by atoms with Crippen molar-refractivity contribution >= 4 is 29.0 Å². The highest BCUT2D eigenvalue weighted by molar-refractivity contribution is 7.98. The van der Waals surface area contributed by atoms with Gasteiger partial charge >= 0.3 is 0 Å². The van der Waals surface area contributed by atoms with Gasteiger partial charge in [0.05, 0.1) is 12.1 Å². The molecule has 0 bridgehead atoms. The van der Waals surface area contributed by atoms with Crippen LogP contribution in [0.4, 0.5) is 0 Å². The number of hydrogen-bond donors (Lipinski definition) is 1. The third kappa shape index (κ3) is 3.15. The molecule has 3 nitrogen and oxygen atoms in total. The maximum absolute atomic E-state index is 12.5. The highest BCUT2D eigenvalue weighted by Gasteiger charge is 2.32. The Hall–Kier alpha value is -0.520. The number of nitrogens with zero attached hydrogens (tertiary/aromatic N) is 1. The Labute approximate surface area is 123 Å². The van der Waals surface area contributed by atoms with E-state index < -0.39 is 0 Å². The predicted octanol–water partition coefficient (Wildman–Crippen LogP) is 2.66. The van der Waals surface area contributed by atoms with Crippen molar-refractivity contribution in [1.82, 2.24) is 4.90 Å². The molecule has 1 aliphatic heterocycles. The maximum Gasteiger partial charge on any atom is 0.240 e. The van der Waals surface area contributed by atoms with Crippen LogP contribution in [-0.4, -0.2) is 35.4 Å². The number of fused-ring (bicyclic) bond motifs is 1. The maximum atomic E-state index is 12.5. The second kappa shape index (κ2) is 6.77. The fourth-order valence-corrected chi connectivity index (χ4v) is 4.10. The molecule has 0 spiro atoms. The van der Waals surface area contributed by atoms with Crippen LogP contribution in [-0.2, 0) is 11.2 Å². The first-order valence-corrected chi connectivity index (χ1v) is 9.07. The zero-order chi connectivity index (χ0) is 13.8. The second-order valence-electron chi connectivity index (χ2n) is 4.89. The second-order valence-corrected chi connectivity index (χ2v) is 6.88. The van der Waals surface area contributed by atoms with Gasteiger partial charge in [0.25, 0.3) is 0 Å². The van der Waals surface area contributed by atoms with Gasteiger partial charge in [-0.2, -0.15) is 11.8 Å².